The van der Waals surface area contributed by atoms with Gasteiger partial charge >= 0.3 is 0 Å². The van der Waals surface area contributed by atoms with Gasteiger partial charge in [-0.15, -0.1) is 0 Å². The fraction of sp³-hybridized carbons (Fsp3) is 0.231. The zero-order valence-electron chi connectivity index (χ0n) is 9.23. The molecule has 1 fully saturated rings. The average Bonchev–Trinajstić information content (AvgIpc) is 3.10. The summed E-state index contributed by atoms with van der Waals surface area (Å²) in [5.41, 5.74) is 7.82. The molecule has 1 aromatic heterocycles. The summed E-state index contributed by atoms with van der Waals surface area (Å²) in [5, 5.41) is 0. The lowest BCUT2D eigenvalue weighted by Gasteiger charge is -2.09. The number of nitrogens with two attached hydrogens (primary N) is 1. The summed E-state index contributed by atoms with van der Waals surface area (Å²) < 4.78 is 1.03. The molecule has 1 aliphatic carbocycles. The van der Waals surface area contributed by atoms with Gasteiger partial charge in [-0.05, 0) is 25.0 Å². The highest BCUT2D eigenvalue weighted by Crippen LogP contribution is 2.41. The maximum absolute atomic E-state index is 6.12. The smallest absolute Gasteiger partial charge is 0.148 e. The van der Waals surface area contributed by atoms with Gasteiger partial charge < -0.3 is 5.73 Å². The Morgan fingerprint density at radius 1 is 1.18 bits per heavy atom. The minimum Gasteiger partial charge on any atom is -0.319 e. The highest BCUT2D eigenvalue weighted by Gasteiger charge is 2.43. The van der Waals surface area contributed by atoms with Crippen molar-refractivity contribution in [2.75, 3.05) is 0 Å². The summed E-state index contributed by atoms with van der Waals surface area (Å²) in [6.07, 6.45) is 3.74. The quantitative estimate of drug-likeness (QED) is 0.925. The molecular weight excluding hydrogens is 278 g/mol. The van der Waals surface area contributed by atoms with E-state index in [-0.39, 0.29) is 5.54 Å². The van der Waals surface area contributed by atoms with Gasteiger partial charge in [-0.3, -0.25) is 0 Å². The number of rotatable bonds is 2. The van der Waals surface area contributed by atoms with Gasteiger partial charge in [-0.2, -0.15) is 0 Å². The zero-order chi connectivity index (χ0) is 11.9. The Balaban J connectivity index is 2.07. The molecule has 1 aromatic carbocycles. The van der Waals surface area contributed by atoms with E-state index in [9.17, 15) is 0 Å². The van der Waals surface area contributed by atoms with Crippen LogP contribution in [0.2, 0.25) is 0 Å². The van der Waals surface area contributed by atoms with Crippen LogP contribution in [0.3, 0.4) is 0 Å². The molecule has 0 saturated heterocycles. The number of aromatic nitrogens is 2. The van der Waals surface area contributed by atoms with Crippen LogP contribution in [-0.4, -0.2) is 9.97 Å². The van der Waals surface area contributed by atoms with Crippen molar-refractivity contribution in [3.05, 3.63) is 46.8 Å². The van der Waals surface area contributed by atoms with Crippen molar-refractivity contribution in [1.29, 1.82) is 0 Å². The van der Waals surface area contributed by atoms with Crippen LogP contribution in [-0.2, 0) is 5.54 Å². The van der Waals surface area contributed by atoms with E-state index in [2.05, 4.69) is 25.9 Å². The van der Waals surface area contributed by atoms with E-state index < -0.39 is 0 Å². The molecule has 1 saturated carbocycles. The van der Waals surface area contributed by atoms with Crippen molar-refractivity contribution in [2.24, 2.45) is 5.73 Å². The van der Waals surface area contributed by atoms with E-state index in [4.69, 9.17) is 5.73 Å². The molecule has 0 aliphatic heterocycles. The molecule has 0 unspecified atom stereocenters. The predicted octanol–water partition coefficient (Wildman–Crippen LogP) is 2.85. The highest BCUT2D eigenvalue weighted by molar-refractivity contribution is 9.10. The van der Waals surface area contributed by atoms with E-state index in [0.717, 1.165) is 34.4 Å². The molecule has 2 N–H and O–H groups in total. The monoisotopic (exact) mass is 289 g/mol. The number of benzene rings is 1. The topological polar surface area (TPSA) is 51.8 Å². The fourth-order valence-corrected chi connectivity index (χ4v) is 2.26. The van der Waals surface area contributed by atoms with Gasteiger partial charge in [-0.25, -0.2) is 9.97 Å². The zero-order valence-corrected chi connectivity index (χ0v) is 10.8. The first-order valence-electron chi connectivity index (χ1n) is 5.56. The van der Waals surface area contributed by atoms with Crippen molar-refractivity contribution in [3.63, 3.8) is 0 Å². The first-order chi connectivity index (χ1) is 8.19. The number of hydrogen-bond acceptors (Lipinski definition) is 3. The van der Waals surface area contributed by atoms with Crippen LogP contribution >= 0.6 is 15.9 Å². The van der Waals surface area contributed by atoms with Gasteiger partial charge in [0.2, 0.25) is 0 Å². The Labute approximate surface area is 108 Å². The molecule has 3 nitrogen and oxygen atoms in total. The molecule has 0 radical (unpaired) electrons. The van der Waals surface area contributed by atoms with Gasteiger partial charge in [-0.1, -0.05) is 34.1 Å². The molecule has 2 aromatic rings. The van der Waals surface area contributed by atoms with Crippen LogP contribution in [0, 0.1) is 0 Å². The Morgan fingerprint density at radius 3 is 2.65 bits per heavy atom. The van der Waals surface area contributed by atoms with Gasteiger partial charge in [0.15, 0.2) is 0 Å². The van der Waals surface area contributed by atoms with E-state index in [1.54, 1.807) is 6.20 Å². The van der Waals surface area contributed by atoms with Crippen molar-refractivity contribution in [2.45, 2.75) is 18.4 Å². The fourth-order valence-electron chi connectivity index (χ4n) is 1.78. The molecule has 3 rings (SSSR count). The highest BCUT2D eigenvalue weighted by atomic mass is 79.9. The molecule has 0 bridgehead atoms. The van der Waals surface area contributed by atoms with Crippen molar-refractivity contribution >= 4 is 15.9 Å². The summed E-state index contributed by atoms with van der Waals surface area (Å²) in [6.45, 7) is 0. The summed E-state index contributed by atoms with van der Waals surface area (Å²) in [7, 11) is 0. The van der Waals surface area contributed by atoms with Crippen LogP contribution < -0.4 is 5.73 Å². The third-order valence-corrected chi connectivity index (χ3v) is 3.73. The third kappa shape index (κ3) is 1.98. The second-order valence-electron chi connectivity index (χ2n) is 4.40. The van der Waals surface area contributed by atoms with Crippen LogP contribution in [0.25, 0.3) is 11.3 Å². The minimum absolute atomic E-state index is 0.280. The number of hydrogen-bond donors (Lipinski definition) is 1. The lowest BCUT2D eigenvalue weighted by molar-refractivity contribution is 0.673. The lowest BCUT2D eigenvalue weighted by Crippen LogP contribution is -2.22. The molecule has 0 atom stereocenters. The normalized spacial score (nSPS) is 16.8. The van der Waals surface area contributed by atoms with Gasteiger partial charge in [0.05, 0.1) is 11.2 Å². The van der Waals surface area contributed by atoms with E-state index in [0.29, 0.717) is 0 Å². The first kappa shape index (κ1) is 10.9. The van der Waals surface area contributed by atoms with Crippen LogP contribution in [0.1, 0.15) is 18.7 Å². The molecular formula is C13H12BrN3. The standard InChI is InChI=1S/C13H12BrN3/c14-10-4-2-1-3-9(10)11-5-8-16-12(17-11)13(15)6-7-13/h1-5,8H,6-7,15H2. The lowest BCUT2D eigenvalue weighted by atomic mass is 10.1. The maximum Gasteiger partial charge on any atom is 0.148 e. The average molecular weight is 290 g/mol. The van der Waals surface area contributed by atoms with Crippen LogP contribution in [0.4, 0.5) is 0 Å². The molecule has 4 heteroatoms. The Hall–Kier alpha value is -1.26. The molecule has 1 aliphatic rings. The first-order valence-corrected chi connectivity index (χ1v) is 6.36. The van der Waals surface area contributed by atoms with E-state index >= 15 is 0 Å². The molecule has 0 amide bonds. The summed E-state index contributed by atoms with van der Waals surface area (Å²) in [6, 6.07) is 9.94. The van der Waals surface area contributed by atoms with Gasteiger partial charge in [0.25, 0.3) is 0 Å². The maximum atomic E-state index is 6.12. The van der Waals surface area contributed by atoms with E-state index in [1.165, 1.54) is 0 Å². The SMILES string of the molecule is NC1(c2nccc(-c3ccccc3Br)n2)CC1. The summed E-state index contributed by atoms with van der Waals surface area (Å²) in [4.78, 5) is 8.85. The van der Waals surface area contributed by atoms with Gasteiger partial charge in [0.1, 0.15) is 5.82 Å². The largest absolute Gasteiger partial charge is 0.319 e. The molecule has 86 valence electrons. The summed E-state index contributed by atoms with van der Waals surface area (Å²) in [5.74, 6) is 0.755. The Morgan fingerprint density at radius 2 is 1.94 bits per heavy atom. The van der Waals surface area contributed by atoms with Crippen LogP contribution in [0.15, 0.2) is 41.0 Å². The predicted molar refractivity (Wildman–Crippen MR) is 70.3 cm³/mol. The Kier molecular flexibility index (Phi) is 2.49. The second kappa shape index (κ2) is 3.89. The van der Waals surface area contributed by atoms with Crippen molar-refractivity contribution in [1.82, 2.24) is 9.97 Å². The minimum atomic E-state index is -0.280. The number of halogens is 1. The third-order valence-electron chi connectivity index (χ3n) is 3.04. The van der Waals surface area contributed by atoms with Gasteiger partial charge in [0, 0.05) is 16.2 Å². The summed E-state index contributed by atoms with van der Waals surface area (Å²) >= 11 is 3.53. The Bertz CT molecular complexity index is 564. The van der Waals surface area contributed by atoms with Crippen molar-refractivity contribution < 1.29 is 0 Å². The molecule has 0 spiro atoms. The molecule has 1 heterocycles. The van der Waals surface area contributed by atoms with Crippen molar-refractivity contribution in [3.8, 4) is 11.3 Å². The van der Waals surface area contributed by atoms with E-state index in [1.807, 2.05) is 30.3 Å². The second-order valence-corrected chi connectivity index (χ2v) is 5.26. The number of nitrogens with zero attached hydrogens (tertiary/aromatic N) is 2. The molecule has 17 heavy (non-hydrogen) atoms. The van der Waals surface area contributed by atoms with Crippen LogP contribution in [0.5, 0.6) is 0 Å².